The third kappa shape index (κ3) is 4.99. The molecule has 1 saturated heterocycles. The van der Waals surface area contributed by atoms with Crippen molar-refractivity contribution in [3.63, 3.8) is 0 Å². The highest BCUT2D eigenvalue weighted by atomic mass is 32.2. The number of rotatable bonds is 6. The van der Waals surface area contributed by atoms with E-state index in [9.17, 15) is 22.0 Å². The van der Waals surface area contributed by atoms with Gasteiger partial charge in [0.1, 0.15) is 16.5 Å². The zero-order valence-electron chi connectivity index (χ0n) is 15.2. The fraction of sp³-hybridized carbons (Fsp3) is 0.588. The van der Waals surface area contributed by atoms with E-state index in [1.165, 1.54) is 0 Å². The Bertz CT molecular complexity index is 748. The van der Waals surface area contributed by atoms with Crippen molar-refractivity contribution in [1.82, 2.24) is 14.5 Å². The molecule has 1 heterocycles. The number of hydrogen-bond acceptors (Lipinski definition) is 4. The summed E-state index contributed by atoms with van der Waals surface area (Å²) in [4.78, 5) is 13.2. The van der Waals surface area contributed by atoms with Gasteiger partial charge in [-0.3, -0.25) is 9.69 Å². The van der Waals surface area contributed by atoms with E-state index in [1.807, 2.05) is 25.7 Å². The summed E-state index contributed by atoms with van der Waals surface area (Å²) in [7, 11) is -4.11. The molecule has 1 N–H and O–H groups in total. The van der Waals surface area contributed by atoms with Gasteiger partial charge in [0.2, 0.25) is 15.9 Å². The van der Waals surface area contributed by atoms with Gasteiger partial charge in [-0.2, -0.15) is 4.31 Å². The second kappa shape index (κ2) is 8.41. The highest BCUT2D eigenvalue weighted by Gasteiger charge is 2.31. The quantitative estimate of drug-likeness (QED) is 0.799. The molecule has 146 valence electrons. The third-order valence-corrected chi connectivity index (χ3v) is 6.51. The first kappa shape index (κ1) is 20.7. The smallest absolute Gasteiger partial charge is 0.246 e. The SMILES string of the molecule is CC(C)[C@@H](C)NC(=O)CN1CCN(S(=O)(=O)c2cc(F)ccc2F)CC1. The van der Waals surface area contributed by atoms with Gasteiger partial charge in [-0.05, 0) is 31.0 Å². The predicted octanol–water partition coefficient (Wildman–Crippen LogP) is 1.43. The molecule has 1 aliphatic rings. The van der Waals surface area contributed by atoms with E-state index >= 15 is 0 Å². The number of carbonyl (C=O) groups is 1. The molecule has 1 fully saturated rings. The lowest BCUT2D eigenvalue weighted by atomic mass is 10.1. The fourth-order valence-corrected chi connectivity index (χ4v) is 4.11. The molecule has 9 heteroatoms. The van der Waals surface area contributed by atoms with Crippen molar-refractivity contribution in [3.05, 3.63) is 29.8 Å². The Morgan fingerprint density at radius 2 is 1.77 bits per heavy atom. The lowest BCUT2D eigenvalue weighted by molar-refractivity contribution is -0.123. The molecule has 0 spiro atoms. The summed E-state index contributed by atoms with van der Waals surface area (Å²) in [5.41, 5.74) is 0. The number of hydrogen-bond donors (Lipinski definition) is 1. The molecule has 1 atom stereocenters. The zero-order chi connectivity index (χ0) is 19.5. The van der Waals surface area contributed by atoms with Crippen LogP contribution in [0.15, 0.2) is 23.1 Å². The van der Waals surface area contributed by atoms with Crippen LogP contribution in [-0.4, -0.2) is 62.3 Å². The molecule has 0 aliphatic carbocycles. The van der Waals surface area contributed by atoms with Crippen LogP contribution < -0.4 is 5.32 Å². The Balaban J connectivity index is 1.95. The van der Waals surface area contributed by atoms with Gasteiger partial charge in [0.25, 0.3) is 0 Å². The molecule has 1 aromatic carbocycles. The summed E-state index contributed by atoms with van der Waals surface area (Å²) in [6.45, 7) is 7.07. The summed E-state index contributed by atoms with van der Waals surface area (Å²) in [5, 5.41) is 2.90. The van der Waals surface area contributed by atoms with Gasteiger partial charge in [-0.1, -0.05) is 13.8 Å². The number of piperazine rings is 1. The summed E-state index contributed by atoms with van der Waals surface area (Å²) in [6, 6.07) is 2.43. The van der Waals surface area contributed by atoms with Gasteiger partial charge in [0.05, 0.1) is 6.54 Å². The first-order chi connectivity index (χ1) is 12.1. The van der Waals surface area contributed by atoms with Crippen LogP contribution in [0.5, 0.6) is 0 Å². The molecule has 0 saturated carbocycles. The molecule has 0 unspecified atom stereocenters. The lowest BCUT2D eigenvalue weighted by Crippen LogP contribution is -2.52. The second-order valence-corrected chi connectivity index (χ2v) is 8.76. The van der Waals surface area contributed by atoms with Crippen molar-refractivity contribution >= 4 is 15.9 Å². The van der Waals surface area contributed by atoms with Crippen LogP contribution in [0.25, 0.3) is 0 Å². The molecular weight excluding hydrogens is 364 g/mol. The summed E-state index contributed by atoms with van der Waals surface area (Å²) >= 11 is 0. The van der Waals surface area contributed by atoms with Crippen molar-refractivity contribution in [1.29, 1.82) is 0 Å². The highest BCUT2D eigenvalue weighted by molar-refractivity contribution is 7.89. The number of nitrogens with zero attached hydrogens (tertiary/aromatic N) is 2. The Morgan fingerprint density at radius 3 is 2.35 bits per heavy atom. The van der Waals surface area contributed by atoms with Crippen molar-refractivity contribution in [2.45, 2.75) is 31.7 Å². The van der Waals surface area contributed by atoms with Crippen LogP contribution in [0.4, 0.5) is 8.78 Å². The molecule has 0 aromatic heterocycles. The van der Waals surface area contributed by atoms with Crippen molar-refractivity contribution in [3.8, 4) is 0 Å². The van der Waals surface area contributed by atoms with E-state index < -0.39 is 26.6 Å². The monoisotopic (exact) mass is 389 g/mol. The van der Waals surface area contributed by atoms with Gasteiger partial charge in [-0.25, -0.2) is 17.2 Å². The fourth-order valence-electron chi connectivity index (χ4n) is 2.61. The minimum Gasteiger partial charge on any atom is -0.352 e. The third-order valence-electron chi connectivity index (χ3n) is 4.60. The van der Waals surface area contributed by atoms with Crippen LogP contribution in [0, 0.1) is 17.6 Å². The summed E-state index contributed by atoms with van der Waals surface area (Å²) < 4.78 is 53.3. The van der Waals surface area contributed by atoms with E-state index in [4.69, 9.17) is 0 Å². The van der Waals surface area contributed by atoms with Crippen LogP contribution >= 0.6 is 0 Å². The average molecular weight is 389 g/mol. The first-order valence-corrected chi connectivity index (χ1v) is 10.0. The maximum atomic E-state index is 13.8. The number of carbonyl (C=O) groups excluding carboxylic acids is 1. The molecule has 6 nitrogen and oxygen atoms in total. The lowest BCUT2D eigenvalue weighted by Gasteiger charge is -2.33. The zero-order valence-corrected chi connectivity index (χ0v) is 16.0. The highest BCUT2D eigenvalue weighted by Crippen LogP contribution is 2.21. The standard InChI is InChI=1S/C17H25F2N3O3S/c1-12(2)13(3)20-17(23)11-21-6-8-22(9-7-21)26(24,25)16-10-14(18)4-5-15(16)19/h4-5,10,12-13H,6-9,11H2,1-3H3,(H,20,23)/t13-/m1/s1. The van der Waals surface area contributed by atoms with Gasteiger partial charge < -0.3 is 5.32 Å². The minimum atomic E-state index is -4.11. The number of amides is 1. The van der Waals surface area contributed by atoms with Gasteiger partial charge >= 0.3 is 0 Å². The summed E-state index contributed by atoms with van der Waals surface area (Å²) in [5.74, 6) is -1.57. The topological polar surface area (TPSA) is 69.7 Å². The molecule has 0 bridgehead atoms. The van der Waals surface area contributed by atoms with Crippen LogP contribution in [0.3, 0.4) is 0 Å². The van der Waals surface area contributed by atoms with E-state index in [0.717, 1.165) is 16.4 Å². The largest absolute Gasteiger partial charge is 0.352 e. The maximum Gasteiger partial charge on any atom is 0.246 e. The first-order valence-electron chi connectivity index (χ1n) is 8.58. The van der Waals surface area contributed by atoms with Crippen LogP contribution in [0.1, 0.15) is 20.8 Å². The van der Waals surface area contributed by atoms with Crippen LogP contribution in [0.2, 0.25) is 0 Å². The second-order valence-electron chi connectivity index (χ2n) is 6.86. The van der Waals surface area contributed by atoms with E-state index in [0.29, 0.717) is 25.1 Å². The Labute approximate surface area is 153 Å². The number of benzene rings is 1. The van der Waals surface area contributed by atoms with Gasteiger partial charge in [0.15, 0.2) is 0 Å². The Morgan fingerprint density at radius 1 is 1.15 bits per heavy atom. The van der Waals surface area contributed by atoms with Gasteiger partial charge in [-0.15, -0.1) is 0 Å². The van der Waals surface area contributed by atoms with Crippen LogP contribution in [-0.2, 0) is 14.8 Å². The Kier molecular flexibility index (Phi) is 6.70. The molecule has 2 rings (SSSR count). The minimum absolute atomic E-state index is 0.0557. The maximum absolute atomic E-state index is 13.8. The van der Waals surface area contributed by atoms with E-state index in [-0.39, 0.29) is 31.6 Å². The van der Waals surface area contributed by atoms with Crippen molar-refractivity contribution < 1.29 is 22.0 Å². The molecular formula is C17H25F2N3O3S. The number of halogens is 2. The van der Waals surface area contributed by atoms with E-state index in [1.54, 1.807) is 0 Å². The molecule has 1 amide bonds. The summed E-state index contributed by atoms with van der Waals surface area (Å²) in [6.07, 6.45) is 0. The predicted molar refractivity (Wildman–Crippen MR) is 94.0 cm³/mol. The molecule has 1 aromatic rings. The Hall–Kier alpha value is -1.58. The molecule has 0 radical (unpaired) electrons. The average Bonchev–Trinajstić information content (AvgIpc) is 2.57. The van der Waals surface area contributed by atoms with Crippen molar-refractivity contribution in [2.24, 2.45) is 5.92 Å². The van der Waals surface area contributed by atoms with Crippen molar-refractivity contribution in [2.75, 3.05) is 32.7 Å². The normalized spacial score (nSPS) is 18.1. The van der Waals surface area contributed by atoms with E-state index in [2.05, 4.69) is 5.32 Å². The number of sulfonamides is 1. The molecule has 26 heavy (non-hydrogen) atoms. The van der Waals surface area contributed by atoms with Gasteiger partial charge in [0, 0.05) is 32.2 Å². The number of nitrogens with one attached hydrogen (secondary N) is 1. The molecule has 1 aliphatic heterocycles.